The molecule has 0 aliphatic carbocycles. The monoisotopic (exact) mass is 171 g/mol. The van der Waals surface area contributed by atoms with Crippen LogP contribution in [0.1, 0.15) is 19.4 Å². The summed E-state index contributed by atoms with van der Waals surface area (Å²) in [5.74, 6) is -1.19. The zero-order chi connectivity index (χ0) is 9.35. The van der Waals surface area contributed by atoms with Gasteiger partial charge in [0.25, 0.3) is 0 Å². The van der Waals surface area contributed by atoms with Crippen molar-refractivity contribution in [1.29, 1.82) is 0 Å². The van der Waals surface area contributed by atoms with Crippen LogP contribution in [0.25, 0.3) is 0 Å². The summed E-state index contributed by atoms with van der Waals surface area (Å²) in [6.45, 7) is 3.39. The van der Waals surface area contributed by atoms with Crippen LogP contribution in [0.2, 0.25) is 0 Å². The maximum Gasteiger partial charge on any atom is 0.126 e. The first-order chi connectivity index (χ1) is 5.39. The van der Waals surface area contributed by atoms with Gasteiger partial charge in [-0.1, -0.05) is 0 Å². The van der Waals surface area contributed by atoms with E-state index in [2.05, 4.69) is 0 Å². The number of hydrogen-bond acceptors (Lipinski definition) is 1. The van der Waals surface area contributed by atoms with E-state index in [-0.39, 0.29) is 0 Å². The van der Waals surface area contributed by atoms with Gasteiger partial charge in [0.15, 0.2) is 0 Å². The maximum atomic E-state index is 12.7. The van der Waals surface area contributed by atoms with Crippen LogP contribution in [0.3, 0.4) is 0 Å². The molecule has 0 aliphatic rings. The molecule has 66 valence electrons. The first-order valence-electron chi connectivity index (χ1n) is 3.65. The summed E-state index contributed by atoms with van der Waals surface area (Å²) in [4.78, 5) is 0. The normalized spacial score (nSPS) is 11.8. The number of hydrogen-bond donors (Lipinski definition) is 1. The summed E-state index contributed by atoms with van der Waals surface area (Å²) < 4.78 is 25.3. The highest BCUT2D eigenvalue weighted by atomic mass is 19.1. The van der Waals surface area contributed by atoms with Crippen molar-refractivity contribution in [3.8, 4) is 0 Å². The maximum absolute atomic E-state index is 12.7. The van der Waals surface area contributed by atoms with Crippen molar-refractivity contribution in [2.45, 2.75) is 19.4 Å². The molecular formula is C9H11F2N. The lowest BCUT2D eigenvalue weighted by Gasteiger charge is -2.18. The topological polar surface area (TPSA) is 26.0 Å². The number of benzene rings is 1. The van der Waals surface area contributed by atoms with Gasteiger partial charge in [-0.15, -0.1) is 0 Å². The Morgan fingerprint density at radius 1 is 1.08 bits per heavy atom. The van der Waals surface area contributed by atoms with Gasteiger partial charge in [0, 0.05) is 11.6 Å². The van der Waals surface area contributed by atoms with E-state index < -0.39 is 17.2 Å². The third-order valence-corrected chi connectivity index (χ3v) is 1.61. The van der Waals surface area contributed by atoms with Crippen LogP contribution >= 0.6 is 0 Å². The minimum Gasteiger partial charge on any atom is -0.322 e. The molecule has 2 N–H and O–H groups in total. The van der Waals surface area contributed by atoms with Crippen LogP contribution in [0.5, 0.6) is 0 Å². The molecule has 1 aromatic rings. The van der Waals surface area contributed by atoms with Gasteiger partial charge >= 0.3 is 0 Å². The molecule has 0 fully saturated rings. The van der Waals surface area contributed by atoms with E-state index in [9.17, 15) is 8.78 Å². The van der Waals surface area contributed by atoms with Gasteiger partial charge in [-0.3, -0.25) is 0 Å². The molecule has 1 aromatic carbocycles. The summed E-state index contributed by atoms with van der Waals surface area (Å²) in [6, 6.07) is 3.31. The second kappa shape index (κ2) is 2.83. The van der Waals surface area contributed by atoms with E-state index in [1.54, 1.807) is 13.8 Å². The minimum atomic E-state index is -0.705. The molecule has 0 saturated carbocycles. The van der Waals surface area contributed by atoms with E-state index in [4.69, 9.17) is 5.73 Å². The van der Waals surface area contributed by atoms with Gasteiger partial charge < -0.3 is 5.73 Å². The van der Waals surface area contributed by atoms with Crippen molar-refractivity contribution in [3.05, 3.63) is 35.4 Å². The third-order valence-electron chi connectivity index (χ3n) is 1.61. The van der Waals surface area contributed by atoms with E-state index >= 15 is 0 Å². The molecular weight excluding hydrogens is 160 g/mol. The van der Waals surface area contributed by atoms with Crippen LogP contribution in [0.4, 0.5) is 8.78 Å². The third kappa shape index (κ3) is 2.01. The van der Waals surface area contributed by atoms with Crippen molar-refractivity contribution in [3.63, 3.8) is 0 Å². The summed E-state index contributed by atoms with van der Waals surface area (Å²) >= 11 is 0. The lowest BCUT2D eigenvalue weighted by atomic mass is 9.96. The highest BCUT2D eigenvalue weighted by Gasteiger charge is 2.15. The molecule has 0 radical (unpaired) electrons. The van der Waals surface area contributed by atoms with Crippen LogP contribution in [-0.2, 0) is 5.54 Å². The summed E-state index contributed by atoms with van der Waals surface area (Å²) in [6.07, 6.45) is 0. The summed E-state index contributed by atoms with van der Waals surface area (Å²) in [7, 11) is 0. The summed E-state index contributed by atoms with van der Waals surface area (Å²) in [5.41, 5.74) is 5.41. The average molecular weight is 171 g/mol. The van der Waals surface area contributed by atoms with Crippen molar-refractivity contribution in [2.75, 3.05) is 0 Å². The molecule has 0 aromatic heterocycles. The predicted octanol–water partition coefficient (Wildman–Crippen LogP) is 2.16. The Hall–Kier alpha value is -0.960. The van der Waals surface area contributed by atoms with Crippen molar-refractivity contribution >= 4 is 0 Å². The molecule has 0 spiro atoms. The lowest BCUT2D eigenvalue weighted by Crippen LogP contribution is -2.28. The molecule has 0 amide bonds. The second-order valence-corrected chi connectivity index (χ2v) is 3.38. The Balaban J connectivity index is 3.18. The van der Waals surface area contributed by atoms with Gasteiger partial charge in [0.1, 0.15) is 11.6 Å². The van der Waals surface area contributed by atoms with E-state index in [1.807, 2.05) is 0 Å². The fourth-order valence-corrected chi connectivity index (χ4v) is 0.926. The molecule has 0 bridgehead atoms. The van der Waals surface area contributed by atoms with Crippen LogP contribution in [0.15, 0.2) is 18.2 Å². The van der Waals surface area contributed by atoms with Crippen molar-refractivity contribution < 1.29 is 8.78 Å². The Morgan fingerprint density at radius 2 is 1.50 bits per heavy atom. The zero-order valence-corrected chi connectivity index (χ0v) is 7.07. The number of rotatable bonds is 1. The van der Waals surface area contributed by atoms with Gasteiger partial charge in [-0.2, -0.15) is 0 Å². The number of nitrogens with two attached hydrogens (primary N) is 1. The van der Waals surface area contributed by atoms with Gasteiger partial charge in [-0.05, 0) is 31.5 Å². The SMILES string of the molecule is CC(C)(N)c1cc(F)cc(F)c1. The predicted molar refractivity (Wildman–Crippen MR) is 43.6 cm³/mol. The van der Waals surface area contributed by atoms with E-state index in [0.29, 0.717) is 5.56 Å². The largest absolute Gasteiger partial charge is 0.322 e. The minimum absolute atomic E-state index is 0.458. The van der Waals surface area contributed by atoms with Crippen LogP contribution < -0.4 is 5.73 Å². The lowest BCUT2D eigenvalue weighted by molar-refractivity contribution is 0.526. The average Bonchev–Trinajstić information content (AvgIpc) is 1.82. The number of halogens is 2. The van der Waals surface area contributed by atoms with Crippen LogP contribution in [-0.4, -0.2) is 0 Å². The molecule has 0 aliphatic heterocycles. The molecule has 0 atom stereocenters. The smallest absolute Gasteiger partial charge is 0.126 e. The van der Waals surface area contributed by atoms with Gasteiger partial charge in [-0.25, -0.2) is 8.78 Å². The Morgan fingerprint density at radius 3 is 1.83 bits per heavy atom. The second-order valence-electron chi connectivity index (χ2n) is 3.38. The van der Waals surface area contributed by atoms with Gasteiger partial charge in [0.05, 0.1) is 0 Å². The fourth-order valence-electron chi connectivity index (χ4n) is 0.926. The molecule has 12 heavy (non-hydrogen) atoms. The fraction of sp³-hybridized carbons (Fsp3) is 0.333. The molecule has 0 unspecified atom stereocenters. The highest BCUT2D eigenvalue weighted by molar-refractivity contribution is 5.23. The Kier molecular flexibility index (Phi) is 2.15. The van der Waals surface area contributed by atoms with E-state index in [1.165, 1.54) is 12.1 Å². The highest BCUT2D eigenvalue weighted by Crippen LogP contribution is 2.18. The standard InChI is InChI=1S/C9H11F2N/c1-9(2,12)6-3-7(10)5-8(11)4-6/h3-5H,12H2,1-2H3. The van der Waals surface area contributed by atoms with Crippen molar-refractivity contribution in [2.24, 2.45) is 5.73 Å². The molecule has 1 rings (SSSR count). The molecule has 0 saturated heterocycles. The first-order valence-corrected chi connectivity index (χ1v) is 3.65. The molecule has 0 heterocycles. The first kappa shape index (κ1) is 9.13. The Labute approximate surface area is 70.2 Å². The van der Waals surface area contributed by atoms with Gasteiger partial charge in [0.2, 0.25) is 0 Å². The van der Waals surface area contributed by atoms with Crippen molar-refractivity contribution in [1.82, 2.24) is 0 Å². The quantitative estimate of drug-likeness (QED) is 0.688. The molecule has 3 heteroatoms. The van der Waals surface area contributed by atoms with E-state index in [0.717, 1.165) is 6.07 Å². The Bertz CT molecular complexity index is 269. The zero-order valence-electron chi connectivity index (χ0n) is 7.07. The van der Waals surface area contributed by atoms with Crippen LogP contribution in [0, 0.1) is 11.6 Å². The molecule has 1 nitrogen and oxygen atoms in total. The summed E-state index contributed by atoms with van der Waals surface area (Å²) in [5, 5.41) is 0.